The van der Waals surface area contributed by atoms with Crippen molar-refractivity contribution in [2.45, 2.75) is 51.1 Å². The van der Waals surface area contributed by atoms with Crippen LogP contribution in [-0.2, 0) is 16.0 Å². The average Bonchev–Trinajstić information content (AvgIpc) is 2.67. The summed E-state index contributed by atoms with van der Waals surface area (Å²) >= 11 is 0. The highest BCUT2D eigenvalue weighted by Crippen LogP contribution is 2.22. The topological polar surface area (TPSA) is 160 Å². The number of nitrogens with one attached hydrogen (secondary N) is 2. The molecule has 9 heteroatoms. The highest BCUT2D eigenvalue weighted by molar-refractivity contribution is 6.01. The van der Waals surface area contributed by atoms with Crippen LogP contribution in [0.5, 0.6) is 0 Å². The van der Waals surface area contributed by atoms with Crippen LogP contribution in [-0.4, -0.2) is 39.5 Å². The minimum atomic E-state index is -1.24. The van der Waals surface area contributed by atoms with Gasteiger partial charge in [0.2, 0.25) is 11.8 Å². The Kier molecular flexibility index (Phi) is 8.09. The predicted octanol–water partition coefficient (Wildman–Crippen LogP) is 1.94. The van der Waals surface area contributed by atoms with Gasteiger partial charge in [0.15, 0.2) is 0 Å². The molecule has 2 rings (SSSR count). The van der Waals surface area contributed by atoms with Crippen molar-refractivity contribution >= 4 is 29.2 Å². The van der Waals surface area contributed by atoms with Crippen molar-refractivity contribution in [1.29, 1.82) is 0 Å². The van der Waals surface area contributed by atoms with Gasteiger partial charge < -0.3 is 27.2 Å². The summed E-state index contributed by atoms with van der Waals surface area (Å²) in [7, 11) is 0. The molecule has 0 spiro atoms. The number of carbonyl (C=O) groups is 3. The number of nitrogen functional groups attached to an aromatic ring is 1. The summed E-state index contributed by atoms with van der Waals surface area (Å²) in [6.45, 7) is 3.45. The first-order valence-corrected chi connectivity index (χ1v) is 9.94. The molecule has 0 aliphatic heterocycles. The van der Waals surface area contributed by atoms with Crippen LogP contribution in [0.4, 0.5) is 11.4 Å². The fourth-order valence-corrected chi connectivity index (χ4v) is 3.16. The van der Waals surface area contributed by atoms with Crippen LogP contribution in [0.1, 0.15) is 49.0 Å². The number of hydrogen-bond acceptors (Lipinski definition) is 6. The molecule has 2 amide bonds. The average molecular weight is 428 g/mol. The Morgan fingerprint density at radius 2 is 1.81 bits per heavy atom. The summed E-state index contributed by atoms with van der Waals surface area (Å²) in [5.41, 5.74) is 12.0. The van der Waals surface area contributed by atoms with Crippen molar-refractivity contribution in [2.24, 2.45) is 5.73 Å². The maximum absolute atomic E-state index is 12.4. The first-order valence-electron chi connectivity index (χ1n) is 9.94. The lowest BCUT2D eigenvalue weighted by Crippen LogP contribution is -2.46. The normalized spacial score (nSPS) is 12.1. The van der Waals surface area contributed by atoms with Crippen LogP contribution in [0.3, 0.4) is 0 Å². The van der Waals surface area contributed by atoms with Gasteiger partial charge in [-0.3, -0.25) is 14.6 Å². The lowest BCUT2D eigenvalue weighted by Gasteiger charge is -2.26. The van der Waals surface area contributed by atoms with Gasteiger partial charge in [0, 0.05) is 30.6 Å². The third kappa shape index (κ3) is 7.71. The van der Waals surface area contributed by atoms with Crippen molar-refractivity contribution in [3.05, 3.63) is 53.9 Å². The summed E-state index contributed by atoms with van der Waals surface area (Å²) in [6, 6.07) is 9.69. The molecule has 1 heterocycles. The second-order valence-corrected chi connectivity index (χ2v) is 8.10. The Bertz CT molecular complexity index is 931. The number of pyridine rings is 1. The molecule has 31 heavy (non-hydrogen) atoms. The molecule has 0 unspecified atom stereocenters. The summed E-state index contributed by atoms with van der Waals surface area (Å²) in [5.74, 6) is -1.86. The zero-order chi connectivity index (χ0) is 23.0. The molecule has 0 saturated carbocycles. The molecule has 166 valence electrons. The van der Waals surface area contributed by atoms with E-state index in [1.165, 1.54) is 6.20 Å². The number of rotatable bonds is 10. The SMILES string of the molecule is CC(C)(CC(=O)Nc1cncc(C(=O)O)c1N)NC(=O)CC[C@@H](N)Cc1ccccc1. The molecule has 1 aromatic heterocycles. The zero-order valence-electron chi connectivity index (χ0n) is 17.7. The number of hydrogen-bond donors (Lipinski definition) is 5. The molecule has 9 nitrogen and oxygen atoms in total. The Morgan fingerprint density at radius 1 is 1.13 bits per heavy atom. The van der Waals surface area contributed by atoms with Gasteiger partial charge >= 0.3 is 5.97 Å². The maximum Gasteiger partial charge on any atom is 0.339 e. The Hall–Kier alpha value is -3.46. The molecule has 0 fully saturated rings. The molecular weight excluding hydrogens is 398 g/mol. The fraction of sp³-hybridized carbons (Fsp3) is 0.364. The highest BCUT2D eigenvalue weighted by Gasteiger charge is 2.25. The summed E-state index contributed by atoms with van der Waals surface area (Å²) in [5, 5.41) is 14.5. The van der Waals surface area contributed by atoms with Crippen molar-refractivity contribution in [3.8, 4) is 0 Å². The van der Waals surface area contributed by atoms with Crippen LogP contribution in [0.15, 0.2) is 42.7 Å². The van der Waals surface area contributed by atoms with Gasteiger partial charge in [-0.05, 0) is 32.3 Å². The molecular formula is C22H29N5O4. The number of amides is 2. The molecule has 0 aliphatic rings. The van der Waals surface area contributed by atoms with Crippen LogP contribution in [0, 0.1) is 0 Å². The van der Waals surface area contributed by atoms with E-state index in [0.29, 0.717) is 12.8 Å². The number of aromatic carboxylic acids is 1. The minimum absolute atomic E-state index is 0.0362. The second-order valence-electron chi connectivity index (χ2n) is 8.10. The molecule has 2 aromatic rings. The lowest BCUT2D eigenvalue weighted by atomic mass is 9.98. The molecule has 0 saturated heterocycles. The van der Waals surface area contributed by atoms with E-state index in [2.05, 4.69) is 15.6 Å². The number of aromatic nitrogens is 1. The van der Waals surface area contributed by atoms with Crippen LogP contribution in [0.25, 0.3) is 0 Å². The van der Waals surface area contributed by atoms with Crippen molar-refractivity contribution in [3.63, 3.8) is 0 Å². The first kappa shape index (κ1) is 23.8. The minimum Gasteiger partial charge on any atom is -0.478 e. The summed E-state index contributed by atoms with van der Waals surface area (Å²) in [4.78, 5) is 39.6. The summed E-state index contributed by atoms with van der Waals surface area (Å²) in [6.07, 6.45) is 3.81. The van der Waals surface area contributed by atoms with Crippen molar-refractivity contribution in [2.75, 3.05) is 11.1 Å². The van der Waals surface area contributed by atoms with E-state index < -0.39 is 17.4 Å². The Balaban J connectivity index is 1.83. The quantitative estimate of drug-likeness (QED) is 0.387. The van der Waals surface area contributed by atoms with Crippen LogP contribution >= 0.6 is 0 Å². The standard InChI is InChI=1S/C22H29N5O4/c1-22(2,11-19(29)26-17-13-25-12-16(20(17)24)21(30)31)27-18(28)9-8-15(23)10-14-6-4-3-5-7-14/h3-7,12-13,15H,8-11,23H2,1-2H3,(H2,24,25)(H,26,29)(H,27,28)(H,30,31)/t15-/m1/s1. The fourth-order valence-electron chi connectivity index (χ4n) is 3.16. The first-order chi connectivity index (χ1) is 14.6. The number of carboxylic acid groups (broad SMARTS) is 1. The molecule has 1 atom stereocenters. The third-order valence-corrected chi connectivity index (χ3v) is 4.66. The lowest BCUT2D eigenvalue weighted by molar-refractivity contribution is -0.123. The van der Waals surface area contributed by atoms with Crippen LogP contribution in [0.2, 0.25) is 0 Å². The number of carboxylic acids is 1. The number of benzene rings is 1. The monoisotopic (exact) mass is 427 g/mol. The van der Waals surface area contributed by atoms with Crippen molar-refractivity contribution < 1.29 is 19.5 Å². The molecule has 1 aromatic carbocycles. The van der Waals surface area contributed by atoms with Gasteiger partial charge in [-0.1, -0.05) is 30.3 Å². The Labute approximate surface area is 181 Å². The number of anilines is 2. The molecule has 0 radical (unpaired) electrons. The van der Waals surface area contributed by atoms with Gasteiger partial charge in [-0.15, -0.1) is 0 Å². The Morgan fingerprint density at radius 3 is 2.45 bits per heavy atom. The van der Waals surface area contributed by atoms with Gasteiger partial charge in [-0.2, -0.15) is 0 Å². The maximum atomic E-state index is 12.4. The molecule has 0 bridgehead atoms. The summed E-state index contributed by atoms with van der Waals surface area (Å²) < 4.78 is 0. The van der Waals surface area contributed by atoms with E-state index >= 15 is 0 Å². The van der Waals surface area contributed by atoms with Gasteiger partial charge in [0.25, 0.3) is 0 Å². The van der Waals surface area contributed by atoms with Crippen LogP contribution < -0.4 is 22.1 Å². The zero-order valence-corrected chi connectivity index (χ0v) is 17.7. The predicted molar refractivity (Wildman–Crippen MR) is 118 cm³/mol. The largest absolute Gasteiger partial charge is 0.478 e. The van der Waals surface area contributed by atoms with E-state index in [-0.39, 0.29) is 41.7 Å². The van der Waals surface area contributed by atoms with Crippen molar-refractivity contribution in [1.82, 2.24) is 10.3 Å². The van der Waals surface area contributed by atoms with Gasteiger partial charge in [0.05, 0.1) is 17.6 Å². The molecule has 0 aliphatic carbocycles. The van der Waals surface area contributed by atoms with E-state index in [9.17, 15) is 14.4 Å². The highest BCUT2D eigenvalue weighted by atomic mass is 16.4. The number of nitrogens with two attached hydrogens (primary N) is 2. The van der Waals surface area contributed by atoms with Gasteiger partial charge in [0.1, 0.15) is 5.56 Å². The smallest absolute Gasteiger partial charge is 0.339 e. The van der Waals surface area contributed by atoms with Gasteiger partial charge in [-0.25, -0.2) is 4.79 Å². The number of carbonyl (C=O) groups excluding carboxylic acids is 2. The van der Waals surface area contributed by atoms with E-state index in [1.807, 2.05) is 30.3 Å². The van der Waals surface area contributed by atoms with E-state index in [0.717, 1.165) is 11.8 Å². The van der Waals surface area contributed by atoms with E-state index in [4.69, 9.17) is 16.6 Å². The van der Waals surface area contributed by atoms with E-state index in [1.54, 1.807) is 13.8 Å². The molecule has 7 N–H and O–H groups in total. The third-order valence-electron chi connectivity index (χ3n) is 4.66. The number of nitrogens with zero attached hydrogens (tertiary/aromatic N) is 1. The second kappa shape index (κ2) is 10.5.